The lowest BCUT2D eigenvalue weighted by Gasteiger charge is -2.24. The summed E-state index contributed by atoms with van der Waals surface area (Å²) in [4.78, 5) is 17.9. The second kappa shape index (κ2) is 5.59. The first-order valence-corrected chi connectivity index (χ1v) is 8.85. The minimum absolute atomic E-state index is 0.0248. The zero-order chi connectivity index (χ0) is 16.0. The minimum atomic E-state index is -0.0248. The Hall–Kier alpha value is -1.97. The van der Waals surface area contributed by atoms with Gasteiger partial charge in [0.25, 0.3) is 0 Å². The third-order valence-corrected chi connectivity index (χ3v) is 5.48. The van der Waals surface area contributed by atoms with Gasteiger partial charge in [0.05, 0.1) is 17.3 Å². The van der Waals surface area contributed by atoms with Crippen LogP contribution < -0.4 is 10.1 Å². The zero-order valence-corrected chi connectivity index (χ0v) is 14.0. The first-order valence-electron chi connectivity index (χ1n) is 8.85. The van der Waals surface area contributed by atoms with Crippen molar-refractivity contribution in [1.82, 2.24) is 4.57 Å². The lowest BCUT2D eigenvalue weighted by Crippen LogP contribution is -2.49. The van der Waals surface area contributed by atoms with Gasteiger partial charge in [-0.05, 0) is 51.2 Å². The molecule has 0 spiro atoms. The maximum Gasteiger partial charge on any atom is 0.403 e. The number of aliphatic imine (C=N–C) groups is 1. The molecule has 1 fully saturated rings. The van der Waals surface area contributed by atoms with Crippen LogP contribution in [0.5, 0.6) is 0 Å². The third-order valence-electron chi connectivity index (χ3n) is 5.48. The van der Waals surface area contributed by atoms with E-state index >= 15 is 0 Å². The Kier molecular flexibility index (Phi) is 3.55. The van der Waals surface area contributed by atoms with Gasteiger partial charge in [-0.2, -0.15) is 4.57 Å². The highest BCUT2D eigenvalue weighted by atomic mass is 16.1. The third kappa shape index (κ3) is 2.15. The van der Waals surface area contributed by atoms with Crippen LogP contribution in [-0.4, -0.2) is 10.3 Å². The summed E-state index contributed by atoms with van der Waals surface area (Å²) < 4.78 is 4.28. The van der Waals surface area contributed by atoms with E-state index in [4.69, 9.17) is 4.99 Å². The Morgan fingerprint density at radius 2 is 2.04 bits per heavy atom. The van der Waals surface area contributed by atoms with Gasteiger partial charge in [0.1, 0.15) is 0 Å². The average Bonchev–Trinajstić information content (AvgIpc) is 2.95. The minimum Gasteiger partial charge on any atom is -0.250 e. The second-order valence-electron chi connectivity index (χ2n) is 6.78. The van der Waals surface area contributed by atoms with Gasteiger partial charge >= 0.3 is 11.5 Å². The van der Waals surface area contributed by atoms with Crippen molar-refractivity contribution >= 4 is 11.7 Å². The second-order valence-corrected chi connectivity index (χ2v) is 6.78. The maximum absolute atomic E-state index is 13.0. The molecule has 1 aromatic heterocycles. The molecule has 1 unspecified atom stereocenters. The lowest BCUT2D eigenvalue weighted by atomic mass is 9.94. The van der Waals surface area contributed by atoms with Crippen LogP contribution in [0, 0.1) is 6.92 Å². The monoisotopic (exact) mass is 310 g/mol. The summed E-state index contributed by atoms with van der Waals surface area (Å²) in [5.74, 6) is 0.854. The van der Waals surface area contributed by atoms with E-state index in [2.05, 4.69) is 24.5 Å². The number of rotatable bonds is 2. The Morgan fingerprint density at radius 3 is 2.78 bits per heavy atom. The summed E-state index contributed by atoms with van der Waals surface area (Å²) in [6, 6.07) is 0.455. The van der Waals surface area contributed by atoms with Crippen LogP contribution in [0.25, 0.3) is 0 Å². The van der Waals surface area contributed by atoms with Crippen molar-refractivity contribution in [2.75, 3.05) is 0 Å². The molecule has 1 aliphatic heterocycles. The Bertz CT molecular complexity index is 792. The van der Waals surface area contributed by atoms with E-state index in [9.17, 15) is 4.79 Å². The Morgan fingerprint density at radius 1 is 1.26 bits per heavy atom. The molecule has 2 heterocycles. The summed E-state index contributed by atoms with van der Waals surface area (Å²) in [7, 11) is 0. The number of fused-ring (bicyclic) bond motifs is 3. The molecule has 4 heteroatoms. The predicted molar refractivity (Wildman–Crippen MR) is 91.5 cm³/mol. The van der Waals surface area contributed by atoms with Crippen molar-refractivity contribution in [2.45, 2.75) is 64.5 Å². The molecule has 0 radical (unpaired) electrons. The van der Waals surface area contributed by atoms with Gasteiger partial charge < -0.3 is 0 Å². The molecule has 0 saturated heterocycles. The molecular formula is C19H24N3O+. The van der Waals surface area contributed by atoms with E-state index < -0.39 is 0 Å². The first kappa shape index (κ1) is 14.6. The number of nitrogens with zero attached hydrogens (tertiary/aromatic N) is 3. The number of aromatic nitrogens is 2. The molecule has 4 rings (SSSR count). The normalized spacial score (nSPS) is 22.9. The molecule has 0 aromatic carbocycles. The average molecular weight is 310 g/mol. The molecular weight excluding hydrogens is 286 g/mol. The summed E-state index contributed by atoms with van der Waals surface area (Å²) in [5, 5.41) is 0. The molecule has 0 amide bonds. The van der Waals surface area contributed by atoms with E-state index in [1.54, 1.807) is 0 Å². The highest BCUT2D eigenvalue weighted by Crippen LogP contribution is 2.32. The van der Waals surface area contributed by atoms with Crippen molar-refractivity contribution < 1.29 is 4.57 Å². The Labute approximate surface area is 136 Å². The molecule has 1 saturated carbocycles. The topological polar surface area (TPSA) is 38.2 Å². The molecule has 1 aromatic rings. The molecule has 3 aliphatic rings. The van der Waals surface area contributed by atoms with Crippen LogP contribution in [0.2, 0.25) is 0 Å². The van der Waals surface area contributed by atoms with E-state index in [0.717, 1.165) is 29.3 Å². The lowest BCUT2D eigenvalue weighted by molar-refractivity contribution is -0.722. The van der Waals surface area contributed by atoms with Gasteiger partial charge in [-0.1, -0.05) is 30.5 Å². The molecule has 0 bridgehead atoms. The summed E-state index contributed by atoms with van der Waals surface area (Å²) in [6.07, 6.45) is 15.2. The molecule has 0 N–H and O–H groups in total. The quantitative estimate of drug-likeness (QED) is 0.773. The number of hydrogen-bond donors (Lipinski definition) is 0. The summed E-state index contributed by atoms with van der Waals surface area (Å²) >= 11 is 0. The van der Waals surface area contributed by atoms with Crippen LogP contribution in [0.3, 0.4) is 0 Å². The number of allylic oxidation sites excluding steroid dienone is 4. The van der Waals surface area contributed by atoms with Crippen LogP contribution in [0.15, 0.2) is 34.1 Å². The van der Waals surface area contributed by atoms with E-state index in [-0.39, 0.29) is 11.6 Å². The van der Waals surface area contributed by atoms with Crippen LogP contribution in [0.1, 0.15) is 62.4 Å². The van der Waals surface area contributed by atoms with E-state index in [0.29, 0.717) is 6.04 Å². The number of hydrogen-bond acceptors (Lipinski definition) is 2. The van der Waals surface area contributed by atoms with E-state index in [1.807, 2.05) is 22.8 Å². The fourth-order valence-corrected chi connectivity index (χ4v) is 4.30. The van der Waals surface area contributed by atoms with Crippen molar-refractivity contribution in [3.8, 4) is 0 Å². The van der Waals surface area contributed by atoms with Crippen LogP contribution in [0.4, 0.5) is 5.95 Å². The first-order chi connectivity index (χ1) is 11.2. The van der Waals surface area contributed by atoms with Gasteiger partial charge in [0.15, 0.2) is 11.8 Å². The van der Waals surface area contributed by atoms with Gasteiger partial charge in [0, 0.05) is 0 Å². The molecule has 120 valence electrons. The van der Waals surface area contributed by atoms with Crippen molar-refractivity contribution in [1.29, 1.82) is 0 Å². The maximum atomic E-state index is 13.0. The van der Waals surface area contributed by atoms with E-state index in [1.165, 1.54) is 32.1 Å². The Balaban J connectivity index is 1.97. The van der Waals surface area contributed by atoms with Gasteiger partial charge in [0.2, 0.25) is 0 Å². The fourth-order valence-electron chi connectivity index (χ4n) is 4.30. The van der Waals surface area contributed by atoms with Gasteiger partial charge in [-0.15, -0.1) is 0 Å². The van der Waals surface area contributed by atoms with Crippen LogP contribution in [-0.2, 0) is 6.42 Å². The molecule has 2 aliphatic carbocycles. The predicted octanol–water partition coefficient (Wildman–Crippen LogP) is 3.27. The summed E-state index contributed by atoms with van der Waals surface area (Å²) in [6.45, 7) is 4.18. The molecule has 4 nitrogen and oxygen atoms in total. The highest BCUT2D eigenvalue weighted by molar-refractivity contribution is 6.03. The van der Waals surface area contributed by atoms with Crippen molar-refractivity contribution in [2.24, 2.45) is 4.99 Å². The summed E-state index contributed by atoms with van der Waals surface area (Å²) in [5.41, 5.74) is 3.18. The smallest absolute Gasteiger partial charge is 0.250 e. The standard InChI is InChI=1S/C19H24N3O/c1-3-15-13(2)21(14-9-5-4-6-10-14)19-20-16-11-7-8-12-17(16)22(19)18(15)23/h7-8,11-12,14,17H,3-6,9-10H2,1-2H3/q+1. The molecule has 23 heavy (non-hydrogen) atoms. The highest BCUT2D eigenvalue weighted by Gasteiger charge is 2.40. The van der Waals surface area contributed by atoms with Gasteiger partial charge in [-0.3, -0.25) is 4.79 Å². The zero-order valence-electron chi connectivity index (χ0n) is 14.0. The fraction of sp³-hybridized carbons (Fsp3) is 0.526. The van der Waals surface area contributed by atoms with Crippen LogP contribution >= 0.6 is 0 Å². The molecule has 1 atom stereocenters. The van der Waals surface area contributed by atoms with Crippen molar-refractivity contribution in [3.63, 3.8) is 0 Å². The van der Waals surface area contributed by atoms with Gasteiger partial charge in [-0.25, -0.2) is 4.57 Å². The largest absolute Gasteiger partial charge is 0.403 e. The SMILES string of the molecule is CCc1c(C)[n+](C2CCCCC2)c2n(c1=O)C1C=CC=CC1=N2. The van der Waals surface area contributed by atoms with Crippen molar-refractivity contribution in [3.05, 3.63) is 45.9 Å².